The molecule has 4 atom stereocenters. The number of aliphatic hydroxyl groups is 5. The first-order valence-electron chi connectivity index (χ1n) is 4.78. The molecule has 22 heavy (non-hydrogen) atoms. The number of carbonyl (C=O) groups is 3. The van der Waals surface area contributed by atoms with Gasteiger partial charge in [-0.2, -0.15) is 0 Å². The van der Waals surface area contributed by atoms with Gasteiger partial charge in [-0.15, -0.1) is 0 Å². The second-order valence-electron chi connectivity index (χ2n) is 3.08. The van der Waals surface area contributed by atoms with Gasteiger partial charge < -0.3 is 51.1 Å². The van der Waals surface area contributed by atoms with Crippen molar-refractivity contribution in [1.82, 2.24) is 0 Å². The molecule has 0 radical (unpaired) electrons. The van der Waals surface area contributed by atoms with Crippen LogP contribution in [0.25, 0.3) is 0 Å². The summed E-state index contributed by atoms with van der Waals surface area (Å²) in [6, 6.07) is 0. The third-order valence-corrected chi connectivity index (χ3v) is 1.51. The van der Waals surface area contributed by atoms with Crippen molar-refractivity contribution in [3.63, 3.8) is 0 Å². The first-order chi connectivity index (χ1) is 9.38. The quantitative estimate of drug-likeness (QED) is 0.210. The second-order valence-corrected chi connectivity index (χ2v) is 3.08. The number of carboxylic acid groups (broad SMARTS) is 5. The predicted octanol–water partition coefficient (Wildman–Crippen LogP) is -3.96. The molecule has 0 spiro atoms. The van der Waals surface area contributed by atoms with E-state index >= 15 is 0 Å². The number of hydrogen-bond acceptors (Lipinski definition) is 8. The fraction of sp³-hybridized carbons (Fsp3) is 0.625. The molecule has 0 amide bonds. The van der Waals surface area contributed by atoms with Crippen LogP contribution in [0.4, 0.5) is 9.59 Å². The predicted molar refractivity (Wildman–Crippen MR) is 68.6 cm³/mol. The van der Waals surface area contributed by atoms with Crippen LogP contribution >= 0.6 is 0 Å². The molecule has 0 aliphatic carbocycles. The average molecular weight is 362 g/mol. The van der Waals surface area contributed by atoms with Crippen molar-refractivity contribution in [3.05, 3.63) is 0 Å². The van der Waals surface area contributed by atoms with Gasteiger partial charge >= 0.3 is 56.0 Å². The van der Waals surface area contributed by atoms with Gasteiger partial charge in [0, 0.05) is 0 Å². The van der Waals surface area contributed by atoms with E-state index in [1.165, 1.54) is 0 Å². The summed E-state index contributed by atoms with van der Waals surface area (Å²) in [5.41, 5.74) is 0. The van der Waals surface area contributed by atoms with Crippen LogP contribution in [0.1, 0.15) is 0 Å². The van der Waals surface area contributed by atoms with Gasteiger partial charge in [-0.3, -0.25) is 0 Å². The molecule has 0 rings (SSSR count). The summed E-state index contributed by atoms with van der Waals surface area (Å²) in [5.74, 6) is -1.73. The molecule has 0 aromatic rings. The summed E-state index contributed by atoms with van der Waals surface area (Å²) in [4.78, 5) is 27.2. The molecule has 0 bridgehead atoms. The van der Waals surface area contributed by atoms with Crippen LogP contribution in [0.15, 0.2) is 0 Å². The van der Waals surface area contributed by atoms with E-state index in [-0.39, 0.29) is 37.7 Å². The normalized spacial score (nSPS) is 14.2. The third kappa shape index (κ3) is 21.4. The van der Waals surface area contributed by atoms with Crippen molar-refractivity contribution >= 4 is 56.0 Å². The Labute approximate surface area is 152 Å². The van der Waals surface area contributed by atoms with Crippen LogP contribution in [-0.4, -0.2) is 138 Å². The molecular formula is C8H18CaO13. The first-order valence-corrected chi connectivity index (χ1v) is 4.78. The topological polar surface area (TPSA) is 254 Å². The summed E-state index contributed by atoms with van der Waals surface area (Å²) in [6.45, 7) is -0.843. The summed E-state index contributed by atoms with van der Waals surface area (Å²) < 4.78 is 0. The molecule has 130 valence electrons. The Morgan fingerprint density at radius 1 is 0.727 bits per heavy atom. The van der Waals surface area contributed by atoms with Crippen LogP contribution in [-0.2, 0) is 4.79 Å². The zero-order valence-corrected chi connectivity index (χ0v) is 10.2. The van der Waals surface area contributed by atoms with Crippen molar-refractivity contribution in [2.45, 2.75) is 24.4 Å². The van der Waals surface area contributed by atoms with Gasteiger partial charge in [0.15, 0.2) is 6.10 Å². The molecule has 0 saturated carbocycles. The minimum atomic E-state index is -2.20. The fourth-order valence-corrected chi connectivity index (χ4v) is 0.668. The Morgan fingerprint density at radius 3 is 1.18 bits per heavy atom. The average Bonchev–Trinajstić information content (AvgIpc) is 2.33. The van der Waals surface area contributed by atoms with Crippen molar-refractivity contribution in [2.75, 3.05) is 6.61 Å². The minimum absolute atomic E-state index is 0. The van der Waals surface area contributed by atoms with E-state index in [0.717, 1.165) is 0 Å². The first kappa shape index (κ1) is 29.1. The molecular weight excluding hydrogens is 344 g/mol. The molecule has 0 unspecified atom stereocenters. The zero-order valence-electron chi connectivity index (χ0n) is 10.2. The molecule has 0 aliphatic rings. The number of aliphatic carboxylic acids is 1. The molecule has 0 fully saturated rings. The van der Waals surface area contributed by atoms with Gasteiger partial charge in [-0.05, 0) is 0 Å². The zero-order chi connectivity index (χ0) is 17.7. The molecule has 10 N–H and O–H groups in total. The van der Waals surface area contributed by atoms with E-state index in [2.05, 4.69) is 0 Å². The Morgan fingerprint density at radius 2 is 1.00 bits per heavy atom. The van der Waals surface area contributed by atoms with E-state index in [4.69, 9.17) is 60.7 Å². The van der Waals surface area contributed by atoms with Gasteiger partial charge in [0.25, 0.3) is 0 Å². The van der Waals surface area contributed by atoms with E-state index in [1.54, 1.807) is 0 Å². The summed E-state index contributed by atoms with van der Waals surface area (Å²) in [7, 11) is 0. The summed E-state index contributed by atoms with van der Waals surface area (Å²) in [6.07, 6.45) is -11.5. The van der Waals surface area contributed by atoms with Gasteiger partial charge in [0.05, 0.1) is 6.61 Å². The Kier molecular flexibility index (Phi) is 21.8. The summed E-state index contributed by atoms with van der Waals surface area (Å²) >= 11 is 0. The van der Waals surface area contributed by atoms with Gasteiger partial charge in [-0.25, -0.2) is 14.4 Å². The maximum absolute atomic E-state index is 10.1. The van der Waals surface area contributed by atoms with E-state index in [1.807, 2.05) is 0 Å². The fourth-order valence-electron chi connectivity index (χ4n) is 0.668. The molecule has 0 aliphatic heterocycles. The molecule has 13 nitrogen and oxygen atoms in total. The molecule has 0 saturated heterocycles. The van der Waals surface area contributed by atoms with Crippen molar-refractivity contribution in [2.24, 2.45) is 0 Å². The van der Waals surface area contributed by atoms with Crippen molar-refractivity contribution in [1.29, 1.82) is 0 Å². The second kappa shape index (κ2) is 16.4. The van der Waals surface area contributed by atoms with Crippen LogP contribution in [0.2, 0.25) is 0 Å². The number of carboxylic acids is 1. The number of rotatable bonds is 5. The van der Waals surface area contributed by atoms with Gasteiger partial charge in [0.2, 0.25) is 0 Å². The SMILES string of the molecule is O=C(O)O.O=C(O)O.O=C(O)[C@H](O)[C@@H](O)[C@H](O)[C@H](O)CO.[CaH2]. The Hall–Kier alpha value is -0.930. The molecule has 0 aromatic heterocycles. The van der Waals surface area contributed by atoms with E-state index in [9.17, 15) is 4.79 Å². The van der Waals surface area contributed by atoms with Crippen LogP contribution < -0.4 is 0 Å². The van der Waals surface area contributed by atoms with Crippen LogP contribution in [0.5, 0.6) is 0 Å². The van der Waals surface area contributed by atoms with Crippen molar-refractivity contribution < 1.29 is 65.4 Å². The van der Waals surface area contributed by atoms with Gasteiger partial charge in [-0.1, -0.05) is 0 Å². The van der Waals surface area contributed by atoms with Gasteiger partial charge in [0.1, 0.15) is 18.3 Å². The summed E-state index contributed by atoms with van der Waals surface area (Å²) in [5, 5.41) is 79.7. The number of aliphatic hydroxyl groups excluding tert-OH is 5. The standard InChI is InChI=1S/C6H12O7.2CH2O3.Ca.2H/c7-1-2(8)3(9)4(10)5(11)6(12)13;2*2-1(3)4;;;/h2-5,7-11H,1H2,(H,12,13);2*(H2,2,3,4);;;/t2-,3-,4+,5-;;;;;/m1...../s1. The Balaban J connectivity index is -0.000000150. The van der Waals surface area contributed by atoms with Crippen LogP contribution in [0, 0.1) is 0 Å². The monoisotopic (exact) mass is 362 g/mol. The molecule has 0 heterocycles. The third-order valence-electron chi connectivity index (χ3n) is 1.51. The number of hydrogen-bond donors (Lipinski definition) is 10. The Bertz CT molecular complexity index is 301. The maximum atomic E-state index is 10.1. The van der Waals surface area contributed by atoms with E-state index < -0.39 is 49.3 Å². The van der Waals surface area contributed by atoms with Crippen LogP contribution in [0.3, 0.4) is 0 Å². The molecule has 0 aromatic carbocycles. The van der Waals surface area contributed by atoms with Crippen molar-refractivity contribution in [3.8, 4) is 0 Å². The molecule has 14 heteroatoms. The van der Waals surface area contributed by atoms with E-state index in [0.29, 0.717) is 0 Å².